The van der Waals surface area contributed by atoms with E-state index in [1.54, 1.807) is 0 Å². The van der Waals surface area contributed by atoms with Gasteiger partial charge in [-0.15, -0.1) is 0 Å². The summed E-state index contributed by atoms with van der Waals surface area (Å²) in [5.41, 5.74) is 0.0510. The molecule has 2 nitrogen and oxygen atoms in total. The van der Waals surface area contributed by atoms with Crippen LogP contribution in [-0.4, -0.2) is 11.8 Å². The molecule has 2 aromatic rings. The third kappa shape index (κ3) is 5.54. The zero-order valence-corrected chi connectivity index (χ0v) is 15.1. The largest absolute Gasteiger partial charge is 0.379 e. The van der Waals surface area contributed by atoms with E-state index >= 15 is 0 Å². The minimum atomic E-state index is -1.41. The van der Waals surface area contributed by atoms with Gasteiger partial charge < -0.3 is 0 Å². The molecule has 2 rings (SSSR count). The molecular formula is C16H18O2P2Pd+2. The van der Waals surface area contributed by atoms with Crippen LogP contribution in [0.4, 0.5) is 0 Å². The molecule has 0 aromatic heterocycles. The standard InChI is InChI=1S/C16H18O2P2.Pd/c1-14(20(18)16-10-6-3-7-11-16)12-13-19(17)15-8-4-2-5-9-15;/h2-11,14H,12-13H2,1H3;/q+2;. The Hall–Kier alpha value is -0.698. The van der Waals surface area contributed by atoms with Crippen LogP contribution in [0.3, 0.4) is 0 Å². The van der Waals surface area contributed by atoms with Crippen molar-refractivity contribution < 1.29 is 29.6 Å². The van der Waals surface area contributed by atoms with Crippen molar-refractivity contribution in [2.24, 2.45) is 0 Å². The van der Waals surface area contributed by atoms with Gasteiger partial charge in [-0.3, -0.25) is 0 Å². The molecule has 0 fully saturated rings. The Morgan fingerprint density at radius 3 is 1.86 bits per heavy atom. The average Bonchev–Trinajstić information content (AvgIpc) is 2.53. The molecule has 0 aliphatic heterocycles. The molecule has 3 unspecified atom stereocenters. The molecule has 112 valence electrons. The molecule has 0 bridgehead atoms. The van der Waals surface area contributed by atoms with Crippen molar-refractivity contribution in [3.05, 3.63) is 60.7 Å². The van der Waals surface area contributed by atoms with Gasteiger partial charge in [0.15, 0.2) is 22.4 Å². The summed E-state index contributed by atoms with van der Waals surface area (Å²) in [5.74, 6) is 0. The van der Waals surface area contributed by atoms with E-state index in [2.05, 4.69) is 0 Å². The minimum absolute atomic E-state index is 0. The van der Waals surface area contributed by atoms with Gasteiger partial charge in [-0.2, -0.15) is 0 Å². The van der Waals surface area contributed by atoms with Gasteiger partial charge in [-0.1, -0.05) is 45.5 Å². The molecule has 21 heavy (non-hydrogen) atoms. The Kier molecular flexibility index (Phi) is 8.17. The summed E-state index contributed by atoms with van der Waals surface area (Å²) < 4.78 is 24.5. The minimum Gasteiger partial charge on any atom is -0.0681 e. The predicted octanol–water partition coefficient (Wildman–Crippen LogP) is 4.07. The van der Waals surface area contributed by atoms with Crippen molar-refractivity contribution in [2.75, 3.05) is 6.16 Å². The van der Waals surface area contributed by atoms with Gasteiger partial charge in [0.05, 0.1) is 0 Å². The second-order valence-corrected chi connectivity index (χ2v) is 8.51. The molecule has 0 aliphatic carbocycles. The van der Waals surface area contributed by atoms with E-state index in [9.17, 15) is 9.13 Å². The quantitative estimate of drug-likeness (QED) is 0.531. The van der Waals surface area contributed by atoms with Crippen molar-refractivity contribution in [1.29, 1.82) is 0 Å². The van der Waals surface area contributed by atoms with E-state index in [1.165, 1.54) is 0 Å². The first kappa shape index (κ1) is 18.4. The second kappa shape index (κ2) is 9.35. The van der Waals surface area contributed by atoms with Gasteiger partial charge in [-0.05, 0) is 31.2 Å². The van der Waals surface area contributed by atoms with Crippen LogP contribution < -0.4 is 10.6 Å². The fourth-order valence-corrected chi connectivity index (χ4v) is 4.90. The van der Waals surface area contributed by atoms with Crippen molar-refractivity contribution in [2.45, 2.75) is 19.0 Å². The monoisotopic (exact) mass is 410 g/mol. The van der Waals surface area contributed by atoms with Gasteiger partial charge in [0.1, 0.15) is 0 Å². The van der Waals surface area contributed by atoms with Crippen LogP contribution in [0.5, 0.6) is 0 Å². The number of benzene rings is 2. The van der Waals surface area contributed by atoms with Crippen molar-refractivity contribution in [3.63, 3.8) is 0 Å². The molecule has 2 aromatic carbocycles. The normalized spacial score (nSPS) is 13.0. The average molecular weight is 411 g/mol. The fourth-order valence-electron chi connectivity index (χ4n) is 1.97. The summed E-state index contributed by atoms with van der Waals surface area (Å²) >= 11 is 0. The van der Waals surface area contributed by atoms with Gasteiger partial charge >= 0.3 is 15.6 Å². The maximum Gasteiger partial charge on any atom is 0.379 e. The molecule has 5 heteroatoms. The zero-order valence-electron chi connectivity index (χ0n) is 11.8. The first-order chi connectivity index (χ1) is 9.68. The van der Waals surface area contributed by atoms with Gasteiger partial charge in [0.25, 0.3) is 0 Å². The Morgan fingerprint density at radius 2 is 1.33 bits per heavy atom. The van der Waals surface area contributed by atoms with E-state index in [1.807, 2.05) is 67.6 Å². The predicted molar refractivity (Wildman–Crippen MR) is 86.3 cm³/mol. The van der Waals surface area contributed by atoms with E-state index in [0.29, 0.717) is 12.6 Å². The summed E-state index contributed by atoms with van der Waals surface area (Å²) in [6.07, 6.45) is 1.31. The Labute approximate surface area is 141 Å². The first-order valence-electron chi connectivity index (χ1n) is 6.69. The SMILES string of the molecule is CC(CC[P+](=O)c1ccccc1)[P+](=O)c1ccccc1.[Pd]. The summed E-state index contributed by atoms with van der Waals surface area (Å²) in [6, 6.07) is 19.0. The Morgan fingerprint density at radius 1 is 0.857 bits per heavy atom. The van der Waals surface area contributed by atoms with Crippen LogP contribution >= 0.6 is 15.6 Å². The Balaban J connectivity index is 0.00000220. The number of hydrogen-bond acceptors (Lipinski definition) is 2. The zero-order chi connectivity index (χ0) is 14.4. The van der Waals surface area contributed by atoms with E-state index in [0.717, 1.165) is 10.6 Å². The van der Waals surface area contributed by atoms with Crippen LogP contribution in [0.25, 0.3) is 0 Å². The summed E-state index contributed by atoms with van der Waals surface area (Å²) in [5, 5.41) is 1.76. The molecule has 0 amide bonds. The molecule has 0 N–H and O–H groups in total. The van der Waals surface area contributed by atoms with Crippen LogP contribution in [0.15, 0.2) is 60.7 Å². The molecule has 0 spiro atoms. The summed E-state index contributed by atoms with van der Waals surface area (Å²) in [4.78, 5) is 0. The summed E-state index contributed by atoms with van der Waals surface area (Å²) in [6.45, 7) is 1.97. The first-order valence-corrected chi connectivity index (χ1v) is 9.47. The molecule has 0 saturated heterocycles. The van der Waals surface area contributed by atoms with Crippen LogP contribution in [0.2, 0.25) is 0 Å². The van der Waals surface area contributed by atoms with Crippen LogP contribution in [0.1, 0.15) is 13.3 Å². The molecule has 0 aliphatic rings. The molecule has 0 radical (unpaired) electrons. The van der Waals surface area contributed by atoms with Crippen molar-refractivity contribution >= 4 is 26.2 Å². The van der Waals surface area contributed by atoms with Crippen LogP contribution in [0, 0.1) is 0 Å². The molecular weight excluding hydrogens is 393 g/mol. The van der Waals surface area contributed by atoms with Crippen LogP contribution in [-0.2, 0) is 29.6 Å². The molecule has 3 atom stereocenters. The maximum atomic E-state index is 12.3. The number of rotatable bonds is 6. The third-order valence-electron chi connectivity index (χ3n) is 3.21. The Bertz CT molecular complexity index is 588. The molecule has 0 heterocycles. The number of hydrogen-bond donors (Lipinski definition) is 0. The van der Waals surface area contributed by atoms with E-state index in [-0.39, 0.29) is 26.1 Å². The van der Waals surface area contributed by atoms with Gasteiger partial charge in [-0.25, -0.2) is 0 Å². The fraction of sp³-hybridized carbons (Fsp3) is 0.250. The van der Waals surface area contributed by atoms with Gasteiger partial charge in [0, 0.05) is 26.8 Å². The van der Waals surface area contributed by atoms with Crippen molar-refractivity contribution in [1.82, 2.24) is 0 Å². The van der Waals surface area contributed by atoms with E-state index in [4.69, 9.17) is 0 Å². The summed E-state index contributed by atoms with van der Waals surface area (Å²) in [7, 11) is -2.80. The van der Waals surface area contributed by atoms with Gasteiger partial charge in [0.2, 0.25) is 0 Å². The second-order valence-electron chi connectivity index (χ2n) is 4.74. The third-order valence-corrected chi connectivity index (χ3v) is 6.61. The smallest absolute Gasteiger partial charge is 0.0681 e. The molecule has 0 saturated carbocycles. The van der Waals surface area contributed by atoms with E-state index < -0.39 is 15.6 Å². The van der Waals surface area contributed by atoms with Crippen molar-refractivity contribution in [3.8, 4) is 0 Å². The topological polar surface area (TPSA) is 34.1 Å². The maximum absolute atomic E-state index is 12.3.